The second-order valence-electron chi connectivity index (χ2n) is 8.35. The summed E-state index contributed by atoms with van der Waals surface area (Å²) in [5.74, 6) is 0. The first-order valence-electron chi connectivity index (χ1n) is 10.6. The van der Waals surface area contributed by atoms with Gasteiger partial charge < -0.3 is 10.2 Å². The van der Waals surface area contributed by atoms with Gasteiger partial charge in [0.15, 0.2) is 0 Å². The minimum Gasteiger partial charge on any atom is -0.376 e. The van der Waals surface area contributed by atoms with Crippen molar-refractivity contribution in [2.24, 2.45) is 7.05 Å². The van der Waals surface area contributed by atoms with Crippen molar-refractivity contribution in [1.29, 1.82) is 0 Å². The topological polar surface area (TPSA) is 63.8 Å². The molecule has 2 aromatic carbocycles. The number of fused-ring (bicyclic) bond motifs is 3. The molecule has 158 valence electrons. The molecule has 3 heterocycles. The molecule has 0 spiro atoms. The molecule has 5 rings (SSSR count). The number of hydrogen-bond acceptors (Lipinski definition) is 5. The smallest absolute Gasteiger partial charge is 0.0918 e. The Bertz CT molecular complexity index is 1230. The summed E-state index contributed by atoms with van der Waals surface area (Å²) in [7, 11) is 6.10. The molecule has 0 radical (unpaired) electrons. The van der Waals surface area contributed by atoms with E-state index in [1.165, 1.54) is 16.8 Å². The van der Waals surface area contributed by atoms with Crippen molar-refractivity contribution in [3.8, 4) is 22.4 Å². The Balaban J connectivity index is 1.63. The lowest BCUT2D eigenvalue weighted by molar-refractivity contribution is 0.539. The predicted molar refractivity (Wildman–Crippen MR) is 124 cm³/mol. The molecule has 1 unspecified atom stereocenters. The quantitative estimate of drug-likeness (QED) is 0.541. The van der Waals surface area contributed by atoms with Gasteiger partial charge in [0.1, 0.15) is 0 Å². The summed E-state index contributed by atoms with van der Waals surface area (Å²) in [5, 5.41) is 16.9. The summed E-state index contributed by atoms with van der Waals surface area (Å²) in [6, 6.07) is 15.3. The fourth-order valence-electron chi connectivity index (χ4n) is 4.44. The minimum absolute atomic E-state index is 0.147. The zero-order chi connectivity index (χ0) is 21.5. The highest BCUT2D eigenvalue weighted by Gasteiger charge is 2.26. The second-order valence-corrected chi connectivity index (χ2v) is 8.35. The summed E-state index contributed by atoms with van der Waals surface area (Å²) in [5.41, 5.74) is 9.11. The highest BCUT2D eigenvalue weighted by atomic mass is 15.4. The van der Waals surface area contributed by atoms with E-state index in [1.54, 1.807) is 0 Å². The molecule has 0 bridgehead atoms. The Morgan fingerprint density at radius 3 is 2.71 bits per heavy atom. The van der Waals surface area contributed by atoms with Crippen LogP contribution < -0.4 is 10.2 Å². The fraction of sp³-hybridized carbons (Fsp3) is 0.292. The molecular weight excluding hydrogens is 386 g/mol. The molecule has 1 aliphatic rings. The average molecular weight is 414 g/mol. The van der Waals surface area contributed by atoms with Crippen LogP contribution in [0.5, 0.6) is 0 Å². The van der Waals surface area contributed by atoms with E-state index in [1.807, 2.05) is 29.5 Å². The molecule has 0 saturated carbocycles. The lowest BCUT2D eigenvalue weighted by Gasteiger charge is -2.25. The Labute approximate surface area is 182 Å². The SMILES string of the molecule is Cc1nnn2c1-c1ccc(-c3cnn(C)c3)cc1C(Nc1ccccc1N(C)C)CC2. The Kier molecular flexibility index (Phi) is 4.73. The van der Waals surface area contributed by atoms with Crippen LogP contribution in [0, 0.1) is 6.92 Å². The van der Waals surface area contributed by atoms with E-state index in [2.05, 4.69) is 88.4 Å². The van der Waals surface area contributed by atoms with Gasteiger partial charge in [0, 0.05) is 45.0 Å². The molecule has 1 aliphatic heterocycles. The highest BCUT2D eigenvalue weighted by Crippen LogP contribution is 2.40. The van der Waals surface area contributed by atoms with Crippen molar-refractivity contribution in [2.45, 2.75) is 25.9 Å². The number of aromatic nitrogens is 5. The maximum absolute atomic E-state index is 4.40. The molecule has 4 aromatic rings. The second kappa shape index (κ2) is 7.58. The normalized spacial score (nSPS) is 15.2. The zero-order valence-electron chi connectivity index (χ0n) is 18.4. The monoisotopic (exact) mass is 413 g/mol. The molecule has 0 saturated heterocycles. The van der Waals surface area contributed by atoms with Crippen molar-refractivity contribution in [3.63, 3.8) is 0 Å². The first-order valence-corrected chi connectivity index (χ1v) is 10.6. The number of anilines is 2. The van der Waals surface area contributed by atoms with E-state index >= 15 is 0 Å². The van der Waals surface area contributed by atoms with Crippen molar-refractivity contribution in [1.82, 2.24) is 24.8 Å². The summed E-state index contributed by atoms with van der Waals surface area (Å²) in [4.78, 5) is 2.14. The van der Waals surface area contributed by atoms with Gasteiger partial charge in [-0.15, -0.1) is 5.10 Å². The fourth-order valence-corrected chi connectivity index (χ4v) is 4.44. The average Bonchev–Trinajstić information content (AvgIpc) is 3.32. The van der Waals surface area contributed by atoms with Crippen LogP contribution >= 0.6 is 0 Å². The highest BCUT2D eigenvalue weighted by molar-refractivity contribution is 5.76. The molecule has 0 amide bonds. The molecular formula is C24H27N7. The van der Waals surface area contributed by atoms with E-state index in [0.717, 1.165) is 41.2 Å². The zero-order valence-corrected chi connectivity index (χ0v) is 18.4. The van der Waals surface area contributed by atoms with Crippen LogP contribution in [0.1, 0.15) is 23.7 Å². The molecule has 0 aliphatic carbocycles. The maximum Gasteiger partial charge on any atom is 0.0918 e. The van der Waals surface area contributed by atoms with Gasteiger partial charge in [0.2, 0.25) is 0 Å². The molecule has 1 atom stereocenters. The molecule has 31 heavy (non-hydrogen) atoms. The van der Waals surface area contributed by atoms with Gasteiger partial charge >= 0.3 is 0 Å². The number of hydrogen-bond donors (Lipinski definition) is 1. The van der Waals surface area contributed by atoms with E-state index in [-0.39, 0.29) is 6.04 Å². The third-order valence-electron chi connectivity index (χ3n) is 5.97. The summed E-state index contributed by atoms with van der Waals surface area (Å²) >= 11 is 0. The molecule has 2 aromatic heterocycles. The Morgan fingerprint density at radius 1 is 1.10 bits per heavy atom. The number of aryl methyl sites for hydroxylation is 3. The van der Waals surface area contributed by atoms with Gasteiger partial charge in [0.25, 0.3) is 0 Å². The van der Waals surface area contributed by atoms with Gasteiger partial charge in [-0.2, -0.15) is 5.10 Å². The molecule has 7 heteroatoms. The van der Waals surface area contributed by atoms with Crippen LogP contribution in [0.3, 0.4) is 0 Å². The van der Waals surface area contributed by atoms with E-state index < -0.39 is 0 Å². The molecule has 7 nitrogen and oxygen atoms in total. The number of rotatable bonds is 4. The maximum atomic E-state index is 4.40. The summed E-state index contributed by atoms with van der Waals surface area (Å²) in [6.07, 6.45) is 4.89. The van der Waals surface area contributed by atoms with Crippen LogP contribution in [0.2, 0.25) is 0 Å². The van der Waals surface area contributed by atoms with Crippen LogP contribution in [0.15, 0.2) is 54.9 Å². The third-order valence-corrected chi connectivity index (χ3v) is 5.97. The van der Waals surface area contributed by atoms with Crippen LogP contribution in [-0.4, -0.2) is 38.9 Å². The van der Waals surface area contributed by atoms with Crippen molar-refractivity contribution >= 4 is 11.4 Å². The molecule has 1 N–H and O–H groups in total. The number of nitrogens with zero attached hydrogens (tertiary/aromatic N) is 6. The van der Waals surface area contributed by atoms with Gasteiger partial charge in [-0.1, -0.05) is 29.5 Å². The standard InChI is InChI=1S/C24H27N7/c1-16-24-19-10-9-17(18-14-25-30(4)15-18)13-20(19)21(11-12-31(24)28-27-16)26-22-7-5-6-8-23(22)29(2)3/h5-10,13-15,21,26H,11-12H2,1-4H3. The van der Waals surface area contributed by atoms with Gasteiger partial charge in [-0.05, 0) is 42.7 Å². The third kappa shape index (κ3) is 3.46. The summed E-state index contributed by atoms with van der Waals surface area (Å²) < 4.78 is 3.88. The van der Waals surface area contributed by atoms with Crippen molar-refractivity contribution < 1.29 is 0 Å². The lowest BCUT2D eigenvalue weighted by atomic mass is 9.93. The largest absolute Gasteiger partial charge is 0.376 e. The van der Waals surface area contributed by atoms with Crippen LogP contribution in [0.25, 0.3) is 22.4 Å². The van der Waals surface area contributed by atoms with Crippen molar-refractivity contribution in [3.05, 3.63) is 66.1 Å². The van der Waals surface area contributed by atoms with E-state index in [9.17, 15) is 0 Å². The summed E-state index contributed by atoms with van der Waals surface area (Å²) in [6.45, 7) is 2.85. The van der Waals surface area contributed by atoms with Crippen LogP contribution in [-0.2, 0) is 13.6 Å². The Morgan fingerprint density at radius 2 is 1.94 bits per heavy atom. The van der Waals surface area contributed by atoms with Gasteiger partial charge in [0.05, 0.1) is 35.0 Å². The van der Waals surface area contributed by atoms with E-state index in [0.29, 0.717) is 0 Å². The van der Waals surface area contributed by atoms with Gasteiger partial charge in [-0.25, -0.2) is 4.68 Å². The first-order chi connectivity index (χ1) is 15.0. The van der Waals surface area contributed by atoms with Gasteiger partial charge in [-0.3, -0.25) is 4.68 Å². The van der Waals surface area contributed by atoms with E-state index in [4.69, 9.17) is 0 Å². The van der Waals surface area contributed by atoms with Crippen molar-refractivity contribution in [2.75, 3.05) is 24.3 Å². The predicted octanol–water partition coefficient (Wildman–Crippen LogP) is 4.28. The lowest BCUT2D eigenvalue weighted by Crippen LogP contribution is -2.16. The molecule has 0 fully saturated rings. The first kappa shape index (κ1) is 19.4. The van der Waals surface area contributed by atoms with Crippen LogP contribution in [0.4, 0.5) is 11.4 Å². The number of para-hydroxylation sites is 2. The number of benzene rings is 2. The Hall–Kier alpha value is -3.61. The number of nitrogens with one attached hydrogen (secondary N) is 1. The minimum atomic E-state index is 0.147.